The van der Waals surface area contributed by atoms with E-state index in [0.29, 0.717) is 21.8 Å². The van der Waals surface area contributed by atoms with Crippen molar-refractivity contribution in [2.45, 2.75) is 6.42 Å². The monoisotopic (exact) mass is 314 g/mol. The summed E-state index contributed by atoms with van der Waals surface area (Å²) in [6, 6.07) is 4.19. The second kappa shape index (κ2) is 4.78. The van der Waals surface area contributed by atoms with Gasteiger partial charge in [0, 0.05) is 0 Å². The molecule has 1 saturated heterocycles. The SMILES string of the molecule is O=C(Nc1nc2ccc(F)cc2s1)[C@@H]1CCS(=O)(=O)C1. The van der Waals surface area contributed by atoms with Crippen molar-refractivity contribution in [2.75, 3.05) is 16.8 Å². The fourth-order valence-electron chi connectivity index (χ4n) is 2.16. The van der Waals surface area contributed by atoms with Crippen LogP contribution < -0.4 is 5.32 Å². The quantitative estimate of drug-likeness (QED) is 0.917. The predicted molar refractivity (Wildman–Crippen MR) is 75.0 cm³/mol. The Hall–Kier alpha value is -1.54. The van der Waals surface area contributed by atoms with Crippen LogP contribution in [0, 0.1) is 11.7 Å². The number of halogens is 1. The lowest BCUT2D eigenvalue weighted by Crippen LogP contribution is -2.23. The van der Waals surface area contributed by atoms with Crippen LogP contribution in [0.2, 0.25) is 0 Å². The van der Waals surface area contributed by atoms with Gasteiger partial charge in [0.15, 0.2) is 15.0 Å². The molecule has 1 aromatic heterocycles. The molecule has 3 rings (SSSR count). The van der Waals surface area contributed by atoms with Gasteiger partial charge in [-0.25, -0.2) is 17.8 Å². The second-order valence-electron chi connectivity index (χ2n) is 4.72. The van der Waals surface area contributed by atoms with Crippen LogP contribution in [0.15, 0.2) is 18.2 Å². The smallest absolute Gasteiger partial charge is 0.230 e. The van der Waals surface area contributed by atoms with Gasteiger partial charge in [0.2, 0.25) is 5.91 Å². The summed E-state index contributed by atoms with van der Waals surface area (Å²) in [5.74, 6) is -1.29. The molecule has 0 saturated carbocycles. The van der Waals surface area contributed by atoms with Crippen LogP contribution >= 0.6 is 11.3 Å². The Kier molecular flexibility index (Phi) is 3.21. The summed E-state index contributed by atoms with van der Waals surface area (Å²) in [6.45, 7) is 0. The first-order valence-electron chi connectivity index (χ1n) is 6.00. The van der Waals surface area contributed by atoms with Gasteiger partial charge in [0.1, 0.15) is 5.82 Å². The molecule has 0 unspecified atom stereocenters. The molecule has 1 fully saturated rings. The molecule has 8 heteroatoms. The number of fused-ring (bicyclic) bond motifs is 1. The van der Waals surface area contributed by atoms with Crippen molar-refractivity contribution in [3.05, 3.63) is 24.0 Å². The molecule has 0 radical (unpaired) electrons. The fourth-order valence-corrected chi connectivity index (χ4v) is 4.80. The molecule has 1 aliphatic rings. The Bertz CT molecular complexity index is 785. The zero-order valence-electron chi connectivity index (χ0n) is 10.3. The zero-order chi connectivity index (χ0) is 14.3. The van der Waals surface area contributed by atoms with Crippen LogP contribution in [-0.4, -0.2) is 30.8 Å². The molecule has 1 aliphatic heterocycles. The highest BCUT2D eigenvalue weighted by Gasteiger charge is 2.33. The van der Waals surface area contributed by atoms with E-state index >= 15 is 0 Å². The van der Waals surface area contributed by atoms with Crippen molar-refractivity contribution in [3.8, 4) is 0 Å². The maximum absolute atomic E-state index is 13.1. The van der Waals surface area contributed by atoms with E-state index in [1.165, 1.54) is 29.5 Å². The van der Waals surface area contributed by atoms with Gasteiger partial charge < -0.3 is 5.32 Å². The van der Waals surface area contributed by atoms with Crippen LogP contribution in [0.4, 0.5) is 9.52 Å². The lowest BCUT2D eigenvalue weighted by Gasteiger charge is -2.05. The van der Waals surface area contributed by atoms with Crippen LogP contribution in [-0.2, 0) is 14.6 Å². The Labute approximate surface area is 118 Å². The number of hydrogen-bond acceptors (Lipinski definition) is 5. The van der Waals surface area contributed by atoms with E-state index in [2.05, 4.69) is 10.3 Å². The summed E-state index contributed by atoms with van der Waals surface area (Å²) in [4.78, 5) is 16.1. The first-order valence-corrected chi connectivity index (χ1v) is 8.64. The number of aromatic nitrogens is 1. The van der Waals surface area contributed by atoms with E-state index in [0.717, 1.165) is 0 Å². The first-order chi connectivity index (χ1) is 9.43. The number of carbonyl (C=O) groups excluding carboxylic acids is 1. The maximum Gasteiger partial charge on any atom is 0.230 e. The van der Waals surface area contributed by atoms with Crippen molar-refractivity contribution < 1.29 is 17.6 Å². The maximum atomic E-state index is 13.1. The van der Waals surface area contributed by atoms with Gasteiger partial charge in [0.25, 0.3) is 0 Å². The van der Waals surface area contributed by atoms with E-state index in [9.17, 15) is 17.6 Å². The number of thiazole rings is 1. The van der Waals surface area contributed by atoms with E-state index in [4.69, 9.17) is 0 Å². The van der Waals surface area contributed by atoms with Gasteiger partial charge in [-0.3, -0.25) is 4.79 Å². The molecule has 1 N–H and O–H groups in total. The predicted octanol–water partition coefficient (Wildman–Crippen LogP) is 1.81. The number of benzene rings is 1. The van der Waals surface area contributed by atoms with E-state index < -0.39 is 15.8 Å². The number of amides is 1. The Morgan fingerprint density at radius 1 is 1.45 bits per heavy atom. The molecule has 5 nitrogen and oxygen atoms in total. The summed E-state index contributed by atoms with van der Waals surface area (Å²) in [5, 5.41) is 2.97. The fraction of sp³-hybridized carbons (Fsp3) is 0.333. The third-order valence-corrected chi connectivity index (χ3v) is 5.89. The highest BCUT2D eigenvalue weighted by atomic mass is 32.2. The Morgan fingerprint density at radius 3 is 2.95 bits per heavy atom. The molecule has 0 spiro atoms. The standard InChI is InChI=1S/C12H11FN2O3S2/c13-8-1-2-9-10(5-8)19-12(14-9)15-11(16)7-3-4-20(17,18)6-7/h1-2,5,7H,3-4,6H2,(H,14,15,16)/t7-/m1/s1. The molecule has 2 aromatic rings. The van der Waals surface area contributed by atoms with Gasteiger partial charge in [-0.15, -0.1) is 0 Å². The third kappa shape index (κ3) is 2.66. The molecule has 1 amide bonds. The Balaban J connectivity index is 1.78. The summed E-state index contributed by atoms with van der Waals surface area (Å²) in [5.41, 5.74) is 0.603. The van der Waals surface area contributed by atoms with Crippen molar-refractivity contribution in [2.24, 2.45) is 5.92 Å². The van der Waals surface area contributed by atoms with Crippen molar-refractivity contribution in [1.29, 1.82) is 0 Å². The van der Waals surface area contributed by atoms with Crippen molar-refractivity contribution >= 4 is 42.4 Å². The van der Waals surface area contributed by atoms with E-state index in [-0.39, 0.29) is 23.2 Å². The number of carbonyl (C=O) groups is 1. The molecular weight excluding hydrogens is 303 g/mol. The highest BCUT2D eigenvalue weighted by molar-refractivity contribution is 7.91. The summed E-state index contributed by atoms with van der Waals surface area (Å²) in [7, 11) is -3.09. The average molecular weight is 314 g/mol. The number of nitrogens with zero attached hydrogens (tertiary/aromatic N) is 1. The van der Waals surface area contributed by atoms with Crippen LogP contribution in [0.25, 0.3) is 10.2 Å². The largest absolute Gasteiger partial charge is 0.302 e. The normalized spacial score (nSPS) is 21.1. The molecule has 2 heterocycles. The average Bonchev–Trinajstić information content (AvgIpc) is 2.91. The molecule has 1 atom stereocenters. The minimum absolute atomic E-state index is 0.0517. The minimum atomic E-state index is -3.09. The molecule has 106 valence electrons. The molecule has 1 aromatic carbocycles. The lowest BCUT2D eigenvalue weighted by atomic mass is 10.1. The van der Waals surface area contributed by atoms with E-state index in [1.54, 1.807) is 0 Å². The Morgan fingerprint density at radius 2 is 2.25 bits per heavy atom. The first kappa shape index (κ1) is 13.4. The molecule has 0 bridgehead atoms. The van der Waals surface area contributed by atoms with Gasteiger partial charge in [0.05, 0.1) is 27.6 Å². The van der Waals surface area contributed by atoms with Gasteiger partial charge >= 0.3 is 0 Å². The van der Waals surface area contributed by atoms with Crippen LogP contribution in [0.5, 0.6) is 0 Å². The van der Waals surface area contributed by atoms with E-state index in [1.807, 2.05) is 0 Å². The molecule has 0 aliphatic carbocycles. The summed E-state index contributed by atoms with van der Waals surface area (Å²) >= 11 is 1.17. The minimum Gasteiger partial charge on any atom is -0.302 e. The van der Waals surface area contributed by atoms with Crippen LogP contribution in [0.3, 0.4) is 0 Å². The topological polar surface area (TPSA) is 76.1 Å². The number of nitrogens with one attached hydrogen (secondary N) is 1. The molecular formula is C12H11FN2O3S2. The van der Waals surface area contributed by atoms with Gasteiger partial charge in [-0.05, 0) is 24.6 Å². The van der Waals surface area contributed by atoms with Gasteiger partial charge in [-0.2, -0.15) is 0 Å². The van der Waals surface area contributed by atoms with Gasteiger partial charge in [-0.1, -0.05) is 11.3 Å². The third-order valence-electron chi connectivity index (χ3n) is 3.18. The summed E-state index contributed by atoms with van der Waals surface area (Å²) < 4.78 is 36.4. The number of sulfone groups is 1. The number of anilines is 1. The summed E-state index contributed by atoms with van der Waals surface area (Å²) in [6.07, 6.45) is 0.341. The van der Waals surface area contributed by atoms with Crippen molar-refractivity contribution in [3.63, 3.8) is 0 Å². The highest BCUT2D eigenvalue weighted by Crippen LogP contribution is 2.28. The lowest BCUT2D eigenvalue weighted by molar-refractivity contribution is -0.119. The van der Waals surface area contributed by atoms with Crippen molar-refractivity contribution in [1.82, 2.24) is 4.98 Å². The van der Waals surface area contributed by atoms with Crippen LogP contribution in [0.1, 0.15) is 6.42 Å². The molecule has 20 heavy (non-hydrogen) atoms. The number of hydrogen-bond donors (Lipinski definition) is 1. The number of rotatable bonds is 2. The second-order valence-corrected chi connectivity index (χ2v) is 7.98. The zero-order valence-corrected chi connectivity index (χ0v) is 11.9.